The Morgan fingerprint density at radius 3 is 2.31 bits per heavy atom. The number of hydrogen-bond acceptors (Lipinski definition) is 2. The molecule has 4 atom stereocenters. The van der Waals surface area contributed by atoms with Gasteiger partial charge in [0.2, 0.25) is 0 Å². The van der Waals surface area contributed by atoms with E-state index in [1.165, 1.54) is 12.8 Å². The van der Waals surface area contributed by atoms with E-state index in [1.807, 2.05) is 0 Å². The molecule has 1 aliphatic carbocycles. The van der Waals surface area contributed by atoms with Crippen LogP contribution in [-0.2, 0) is 0 Å². The van der Waals surface area contributed by atoms with Gasteiger partial charge in [0.25, 0.3) is 0 Å². The molecule has 0 aromatic heterocycles. The molecule has 0 saturated heterocycles. The topological polar surface area (TPSA) is 29.4 Å². The van der Waals surface area contributed by atoms with Crippen LogP contribution in [0, 0.1) is 28.6 Å². The van der Waals surface area contributed by atoms with Crippen LogP contribution in [0.5, 0.6) is 0 Å². The molecule has 1 rings (SSSR count). The lowest BCUT2D eigenvalue weighted by Gasteiger charge is -2.37. The lowest BCUT2D eigenvalue weighted by atomic mass is 9.69. The van der Waals surface area contributed by atoms with Crippen molar-refractivity contribution in [1.29, 1.82) is 0 Å². The van der Waals surface area contributed by atoms with Gasteiger partial charge >= 0.3 is 0 Å². The van der Waals surface area contributed by atoms with Gasteiger partial charge in [-0.05, 0) is 36.5 Å². The number of nitroso groups, excluding NO2 is 1. The van der Waals surface area contributed by atoms with Crippen molar-refractivity contribution in [3.05, 3.63) is 4.91 Å². The first-order valence-electron chi connectivity index (χ1n) is 5.38. The zero-order chi connectivity index (χ0) is 10.0. The van der Waals surface area contributed by atoms with Crippen LogP contribution in [0.3, 0.4) is 0 Å². The molecular formula is C11H21NO. The highest BCUT2D eigenvalue weighted by Crippen LogP contribution is 2.38. The second-order valence-corrected chi connectivity index (χ2v) is 5.06. The Hall–Kier alpha value is -0.400. The van der Waals surface area contributed by atoms with Gasteiger partial charge in [-0.3, -0.25) is 0 Å². The third kappa shape index (κ3) is 2.29. The maximum atomic E-state index is 10.7. The van der Waals surface area contributed by atoms with Crippen molar-refractivity contribution in [2.24, 2.45) is 28.8 Å². The highest BCUT2D eigenvalue weighted by Gasteiger charge is 2.36. The second-order valence-electron chi connectivity index (χ2n) is 5.06. The quantitative estimate of drug-likeness (QED) is 0.603. The van der Waals surface area contributed by atoms with Gasteiger partial charge in [0.1, 0.15) is 0 Å². The van der Waals surface area contributed by atoms with Gasteiger partial charge in [-0.25, -0.2) is 0 Å². The summed E-state index contributed by atoms with van der Waals surface area (Å²) in [7, 11) is 0. The summed E-state index contributed by atoms with van der Waals surface area (Å²) >= 11 is 0. The normalized spacial score (nSPS) is 40.7. The maximum Gasteiger partial charge on any atom is 0.0975 e. The molecule has 0 aromatic carbocycles. The highest BCUT2D eigenvalue weighted by molar-refractivity contribution is 4.88. The van der Waals surface area contributed by atoms with Crippen molar-refractivity contribution in [3.63, 3.8) is 0 Å². The summed E-state index contributed by atoms with van der Waals surface area (Å²) in [6.07, 6.45) is 2.35. The third-order valence-corrected chi connectivity index (χ3v) is 3.45. The number of rotatable bonds is 2. The van der Waals surface area contributed by atoms with Crippen LogP contribution in [0.4, 0.5) is 0 Å². The molecule has 76 valence electrons. The van der Waals surface area contributed by atoms with Crippen molar-refractivity contribution in [2.75, 3.05) is 0 Å². The SMILES string of the molecule is CC1CC(C)C(N=O)C(C(C)C)C1. The first-order valence-corrected chi connectivity index (χ1v) is 5.38. The average molecular weight is 183 g/mol. The number of hydrogen-bond donors (Lipinski definition) is 0. The summed E-state index contributed by atoms with van der Waals surface area (Å²) < 4.78 is 0. The van der Waals surface area contributed by atoms with Gasteiger partial charge in [0, 0.05) is 0 Å². The van der Waals surface area contributed by atoms with Gasteiger partial charge in [0.15, 0.2) is 0 Å². The van der Waals surface area contributed by atoms with E-state index < -0.39 is 0 Å². The lowest BCUT2D eigenvalue weighted by molar-refractivity contribution is 0.144. The first-order chi connectivity index (χ1) is 6.06. The van der Waals surface area contributed by atoms with E-state index in [0.29, 0.717) is 17.8 Å². The zero-order valence-electron chi connectivity index (χ0n) is 9.16. The standard InChI is InChI=1S/C11H21NO/c1-7(2)10-6-8(3)5-9(4)11(10)12-13/h7-11H,5-6H2,1-4H3. The minimum Gasteiger partial charge on any atom is -0.150 e. The Morgan fingerprint density at radius 1 is 1.23 bits per heavy atom. The molecule has 0 radical (unpaired) electrons. The van der Waals surface area contributed by atoms with Crippen LogP contribution in [0.1, 0.15) is 40.5 Å². The molecule has 0 N–H and O–H groups in total. The average Bonchev–Trinajstić information content (AvgIpc) is 2.02. The van der Waals surface area contributed by atoms with E-state index in [1.54, 1.807) is 0 Å². The molecular weight excluding hydrogens is 162 g/mol. The Kier molecular flexibility index (Phi) is 3.46. The van der Waals surface area contributed by atoms with Crippen LogP contribution in [0.25, 0.3) is 0 Å². The van der Waals surface area contributed by atoms with Crippen LogP contribution in [-0.4, -0.2) is 6.04 Å². The van der Waals surface area contributed by atoms with Crippen molar-refractivity contribution in [2.45, 2.75) is 46.6 Å². The minimum atomic E-state index is 0.0659. The molecule has 0 amide bonds. The van der Waals surface area contributed by atoms with Crippen LogP contribution < -0.4 is 0 Å². The molecule has 2 nitrogen and oxygen atoms in total. The lowest BCUT2D eigenvalue weighted by Crippen LogP contribution is -2.36. The van der Waals surface area contributed by atoms with Crippen molar-refractivity contribution >= 4 is 0 Å². The smallest absolute Gasteiger partial charge is 0.0975 e. The van der Waals surface area contributed by atoms with E-state index in [-0.39, 0.29) is 6.04 Å². The molecule has 1 fully saturated rings. The Morgan fingerprint density at radius 2 is 1.85 bits per heavy atom. The molecule has 0 spiro atoms. The van der Waals surface area contributed by atoms with E-state index in [9.17, 15) is 4.91 Å². The maximum absolute atomic E-state index is 10.7. The van der Waals surface area contributed by atoms with Crippen LogP contribution in [0.15, 0.2) is 5.18 Å². The minimum absolute atomic E-state index is 0.0659. The van der Waals surface area contributed by atoms with E-state index in [4.69, 9.17) is 0 Å². The fourth-order valence-electron chi connectivity index (χ4n) is 2.74. The third-order valence-electron chi connectivity index (χ3n) is 3.45. The van der Waals surface area contributed by atoms with Gasteiger partial charge in [-0.2, -0.15) is 4.91 Å². The highest BCUT2D eigenvalue weighted by atomic mass is 16.3. The Balaban J connectivity index is 2.71. The van der Waals surface area contributed by atoms with Gasteiger partial charge in [0.05, 0.1) is 6.04 Å². The molecule has 1 aliphatic rings. The largest absolute Gasteiger partial charge is 0.150 e. The van der Waals surface area contributed by atoms with Gasteiger partial charge < -0.3 is 0 Å². The predicted octanol–water partition coefficient (Wildman–Crippen LogP) is 3.46. The summed E-state index contributed by atoms with van der Waals surface area (Å²) in [5.74, 6) is 2.35. The predicted molar refractivity (Wildman–Crippen MR) is 55.5 cm³/mol. The second kappa shape index (κ2) is 4.21. The van der Waals surface area contributed by atoms with Gasteiger partial charge in [-0.15, -0.1) is 0 Å². The molecule has 0 bridgehead atoms. The monoisotopic (exact) mass is 183 g/mol. The molecule has 2 heteroatoms. The van der Waals surface area contributed by atoms with Crippen LogP contribution in [0.2, 0.25) is 0 Å². The summed E-state index contributed by atoms with van der Waals surface area (Å²) in [5, 5.41) is 3.32. The molecule has 1 saturated carbocycles. The van der Waals surface area contributed by atoms with E-state index >= 15 is 0 Å². The van der Waals surface area contributed by atoms with Crippen molar-refractivity contribution in [3.8, 4) is 0 Å². The summed E-state index contributed by atoms with van der Waals surface area (Å²) in [5.41, 5.74) is 0. The van der Waals surface area contributed by atoms with E-state index in [2.05, 4.69) is 32.9 Å². The summed E-state index contributed by atoms with van der Waals surface area (Å²) in [6, 6.07) is 0.0659. The zero-order valence-corrected chi connectivity index (χ0v) is 9.16. The molecule has 0 aliphatic heterocycles. The van der Waals surface area contributed by atoms with Crippen molar-refractivity contribution < 1.29 is 0 Å². The summed E-state index contributed by atoms with van der Waals surface area (Å²) in [6.45, 7) is 8.85. The van der Waals surface area contributed by atoms with Crippen molar-refractivity contribution in [1.82, 2.24) is 0 Å². The van der Waals surface area contributed by atoms with E-state index in [0.717, 1.165) is 5.92 Å². The first kappa shape index (κ1) is 10.7. The van der Waals surface area contributed by atoms with Gasteiger partial charge in [-0.1, -0.05) is 32.9 Å². The fourth-order valence-corrected chi connectivity index (χ4v) is 2.74. The fraction of sp³-hybridized carbons (Fsp3) is 1.00. The molecule has 0 aromatic rings. The summed E-state index contributed by atoms with van der Waals surface area (Å²) in [4.78, 5) is 10.7. The Labute approximate surface area is 81.1 Å². The molecule has 4 unspecified atom stereocenters. The molecule has 0 heterocycles. The molecule has 13 heavy (non-hydrogen) atoms. The van der Waals surface area contributed by atoms with Crippen LogP contribution >= 0.6 is 0 Å². The Bertz CT molecular complexity index is 179. The number of nitrogens with zero attached hydrogens (tertiary/aromatic N) is 1.